The van der Waals surface area contributed by atoms with E-state index in [9.17, 15) is 10.2 Å². The Labute approximate surface area is 146 Å². The molecule has 1 aliphatic heterocycles. The molecule has 2 N–H and O–H groups in total. The molecule has 144 valence electrons. The first-order valence-corrected chi connectivity index (χ1v) is 9.48. The Morgan fingerprint density at radius 3 is 2.25 bits per heavy atom. The summed E-state index contributed by atoms with van der Waals surface area (Å²) in [7, 11) is 0. The van der Waals surface area contributed by atoms with Gasteiger partial charge < -0.3 is 29.2 Å². The van der Waals surface area contributed by atoms with Gasteiger partial charge in [0.2, 0.25) is 0 Å². The molecule has 1 aliphatic rings. The Kier molecular flexibility index (Phi) is 11.8. The summed E-state index contributed by atoms with van der Waals surface area (Å²) in [4.78, 5) is 0. The lowest BCUT2D eigenvalue weighted by molar-refractivity contribution is -0.304. The van der Waals surface area contributed by atoms with Crippen molar-refractivity contribution in [1.82, 2.24) is 0 Å². The van der Waals surface area contributed by atoms with Gasteiger partial charge in [0, 0.05) is 19.8 Å². The maximum absolute atomic E-state index is 10.5. The van der Waals surface area contributed by atoms with Crippen LogP contribution in [0.4, 0.5) is 0 Å². The molecule has 1 heterocycles. The zero-order chi connectivity index (χ0) is 17.8. The molecular formula is C18H36O6. The van der Waals surface area contributed by atoms with Crippen LogP contribution in [0.1, 0.15) is 59.3 Å². The number of rotatable bonds is 13. The second-order valence-electron chi connectivity index (χ2n) is 6.30. The number of aliphatic hydroxyl groups excluding tert-OH is 2. The van der Waals surface area contributed by atoms with Crippen molar-refractivity contribution in [1.29, 1.82) is 0 Å². The smallest absolute Gasteiger partial charge is 0.184 e. The summed E-state index contributed by atoms with van der Waals surface area (Å²) in [6.07, 6.45) is 2.81. The first kappa shape index (κ1) is 21.8. The van der Waals surface area contributed by atoms with Crippen LogP contribution in [0.5, 0.6) is 0 Å². The fourth-order valence-electron chi connectivity index (χ4n) is 2.87. The topological polar surface area (TPSA) is 77.4 Å². The Bertz CT molecular complexity index is 301. The molecule has 0 aromatic carbocycles. The van der Waals surface area contributed by atoms with Crippen LogP contribution in [0.15, 0.2) is 0 Å². The van der Waals surface area contributed by atoms with Crippen LogP contribution in [0.25, 0.3) is 0 Å². The number of unbranched alkanes of at least 4 members (excludes halogenated alkanes) is 4. The SMILES string of the molecule is CCCCCCCOC[C@H]1OC(O)[C@H](OCC)[C@@H](OCCC)[C@@H]1O. The van der Waals surface area contributed by atoms with E-state index in [2.05, 4.69) is 6.92 Å². The van der Waals surface area contributed by atoms with Gasteiger partial charge in [-0.15, -0.1) is 0 Å². The van der Waals surface area contributed by atoms with Crippen molar-refractivity contribution in [2.45, 2.75) is 90.0 Å². The third-order valence-electron chi connectivity index (χ3n) is 4.18. The van der Waals surface area contributed by atoms with Gasteiger partial charge in [0.1, 0.15) is 24.4 Å². The molecule has 0 radical (unpaired) electrons. The highest BCUT2D eigenvalue weighted by atomic mass is 16.7. The minimum Gasteiger partial charge on any atom is -0.387 e. The molecule has 6 heteroatoms. The monoisotopic (exact) mass is 348 g/mol. The van der Waals surface area contributed by atoms with Gasteiger partial charge in [0.25, 0.3) is 0 Å². The number of ether oxygens (including phenoxy) is 4. The lowest BCUT2D eigenvalue weighted by atomic mass is 9.98. The zero-order valence-corrected chi connectivity index (χ0v) is 15.5. The molecule has 1 saturated heterocycles. The third kappa shape index (κ3) is 7.33. The standard InChI is InChI=1S/C18H36O6/c1-4-7-8-9-10-12-21-13-14-15(19)16(23-11-5-2)17(22-6-3)18(20)24-14/h14-20H,4-13H2,1-3H3/t14-,15-,16+,17-,18?/m1/s1. The number of hydrogen-bond acceptors (Lipinski definition) is 6. The van der Waals surface area contributed by atoms with E-state index in [1.807, 2.05) is 13.8 Å². The van der Waals surface area contributed by atoms with Gasteiger partial charge in [-0.05, 0) is 19.8 Å². The van der Waals surface area contributed by atoms with Gasteiger partial charge in [-0.3, -0.25) is 0 Å². The quantitative estimate of drug-likeness (QED) is 0.497. The maximum atomic E-state index is 10.5. The predicted molar refractivity (Wildman–Crippen MR) is 91.9 cm³/mol. The highest BCUT2D eigenvalue weighted by Crippen LogP contribution is 2.25. The average molecular weight is 348 g/mol. The fourth-order valence-corrected chi connectivity index (χ4v) is 2.87. The van der Waals surface area contributed by atoms with Crippen LogP contribution in [-0.4, -0.2) is 67.3 Å². The van der Waals surface area contributed by atoms with Gasteiger partial charge in [0.05, 0.1) is 6.61 Å². The molecule has 1 fully saturated rings. The summed E-state index contributed by atoms with van der Waals surface area (Å²) in [5.74, 6) is 0. The Hall–Kier alpha value is -0.240. The van der Waals surface area contributed by atoms with Crippen LogP contribution in [0.3, 0.4) is 0 Å². The molecular weight excluding hydrogens is 312 g/mol. The van der Waals surface area contributed by atoms with Crippen molar-refractivity contribution in [2.24, 2.45) is 0 Å². The molecule has 5 atom stereocenters. The zero-order valence-electron chi connectivity index (χ0n) is 15.5. The Morgan fingerprint density at radius 1 is 0.833 bits per heavy atom. The van der Waals surface area contributed by atoms with Crippen molar-refractivity contribution in [2.75, 3.05) is 26.4 Å². The number of aliphatic hydroxyl groups is 2. The lowest BCUT2D eigenvalue weighted by Crippen LogP contribution is -2.60. The largest absolute Gasteiger partial charge is 0.387 e. The van der Waals surface area contributed by atoms with Crippen LogP contribution in [0.2, 0.25) is 0 Å². The second kappa shape index (κ2) is 13.0. The minimum atomic E-state index is -1.12. The molecule has 0 bridgehead atoms. The van der Waals surface area contributed by atoms with E-state index in [1.165, 1.54) is 19.3 Å². The summed E-state index contributed by atoms with van der Waals surface area (Å²) in [6.45, 7) is 7.83. The van der Waals surface area contributed by atoms with Crippen molar-refractivity contribution in [3.63, 3.8) is 0 Å². The molecule has 1 rings (SSSR count). The van der Waals surface area contributed by atoms with Crippen LogP contribution in [0, 0.1) is 0 Å². The summed E-state index contributed by atoms with van der Waals surface area (Å²) in [6, 6.07) is 0. The molecule has 0 spiro atoms. The van der Waals surface area contributed by atoms with Gasteiger partial charge in [-0.2, -0.15) is 0 Å². The Morgan fingerprint density at radius 2 is 1.58 bits per heavy atom. The second-order valence-corrected chi connectivity index (χ2v) is 6.30. The molecule has 0 aromatic rings. The van der Waals surface area contributed by atoms with Gasteiger partial charge in [-0.25, -0.2) is 0 Å². The Balaban J connectivity index is 2.41. The highest BCUT2D eigenvalue weighted by Gasteiger charge is 2.46. The molecule has 0 aliphatic carbocycles. The lowest BCUT2D eigenvalue weighted by Gasteiger charge is -2.42. The normalized spacial score (nSPS) is 30.6. The maximum Gasteiger partial charge on any atom is 0.184 e. The summed E-state index contributed by atoms with van der Waals surface area (Å²) in [5, 5.41) is 20.7. The van der Waals surface area contributed by atoms with Crippen LogP contribution in [-0.2, 0) is 18.9 Å². The summed E-state index contributed by atoms with van der Waals surface area (Å²) < 4.78 is 22.3. The van der Waals surface area contributed by atoms with Crippen molar-refractivity contribution in [3.05, 3.63) is 0 Å². The average Bonchev–Trinajstić information content (AvgIpc) is 2.57. The third-order valence-corrected chi connectivity index (χ3v) is 4.18. The molecule has 1 unspecified atom stereocenters. The van der Waals surface area contributed by atoms with E-state index in [4.69, 9.17) is 18.9 Å². The van der Waals surface area contributed by atoms with E-state index < -0.39 is 30.7 Å². The molecule has 0 saturated carbocycles. The summed E-state index contributed by atoms with van der Waals surface area (Å²) >= 11 is 0. The summed E-state index contributed by atoms with van der Waals surface area (Å²) in [5.41, 5.74) is 0. The van der Waals surface area contributed by atoms with E-state index in [0.29, 0.717) is 19.8 Å². The van der Waals surface area contributed by atoms with Crippen LogP contribution >= 0.6 is 0 Å². The van der Waals surface area contributed by atoms with E-state index >= 15 is 0 Å². The molecule has 6 nitrogen and oxygen atoms in total. The van der Waals surface area contributed by atoms with Gasteiger partial charge >= 0.3 is 0 Å². The van der Waals surface area contributed by atoms with Gasteiger partial charge in [0.15, 0.2) is 6.29 Å². The fraction of sp³-hybridized carbons (Fsp3) is 1.00. The van der Waals surface area contributed by atoms with E-state index in [1.54, 1.807) is 0 Å². The van der Waals surface area contributed by atoms with Crippen molar-refractivity contribution >= 4 is 0 Å². The molecule has 0 amide bonds. The highest BCUT2D eigenvalue weighted by molar-refractivity contribution is 4.91. The van der Waals surface area contributed by atoms with Crippen molar-refractivity contribution in [3.8, 4) is 0 Å². The van der Waals surface area contributed by atoms with E-state index in [-0.39, 0.29) is 6.61 Å². The first-order chi connectivity index (χ1) is 11.7. The molecule has 0 aromatic heterocycles. The number of hydrogen-bond donors (Lipinski definition) is 2. The predicted octanol–water partition coefficient (Wildman–Crippen LogP) is 2.25. The van der Waals surface area contributed by atoms with Crippen molar-refractivity contribution < 1.29 is 29.2 Å². The van der Waals surface area contributed by atoms with Crippen LogP contribution < -0.4 is 0 Å². The van der Waals surface area contributed by atoms with E-state index in [0.717, 1.165) is 19.3 Å². The van der Waals surface area contributed by atoms with Gasteiger partial charge in [-0.1, -0.05) is 39.5 Å². The molecule has 24 heavy (non-hydrogen) atoms. The first-order valence-electron chi connectivity index (χ1n) is 9.48. The minimum absolute atomic E-state index is 0.247.